The first-order valence-electron chi connectivity index (χ1n) is 8.18. The highest BCUT2D eigenvalue weighted by atomic mass is 16.2. The normalized spacial score (nSPS) is 21.3. The van der Waals surface area contributed by atoms with E-state index in [0.29, 0.717) is 17.7 Å². The predicted octanol–water partition coefficient (Wildman–Crippen LogP) is 3.60. The van der Waals surface area contributed by atoms with Crippen LogP contribution in [0.4, 0.5) is 10.6 Å². The summed E-state index contributed by atoms with van der Waals surface area (Å²) in [6.07, 6.45) is 1.19. The van der Waals surface area contributed by atoms with Crippen molar-refractivity contribution >= 4 is 11.8 Å². The van der Waals surface area contributed by atoms with Crippen molar-refractivity contribution in [2.24, 2.45) is 18.9 Å². The lowest BCUT2D eigenvalue weighted by molar-refractivity contribution is 0.156. The summed E-state index contributed by atoms with van der Waals surface area (Å²) < 4.78 is 1.80. The van der Waals surface area contributed by atoms with Crippen LogP contribution in [0, 0.1) is 11.8 Å². The van der Waals surface area contributed by atoms with Crippen LogP contribution in [0.15, 0.2) is 36.4 Å². The average molecular weight is 312 g/mol. The van der Waals surface area contributed by atoms with Crippen molar-refractivity contribution in [2.45, 2.75) is 20.3 Å². The fraction of sp³-hybridized carbons (Fsp3) is 0.444. The van der Waals surface area contributed by atoms with Crippen LogP contribution in [-0.2, 0) is 7.05 Å². The molecule has 3 rings (SSSR count). The highest BCUT2D eigenvalue weighted by Crippen LogP contribution is 2.24. The van der Waals surface area contributed by atoms with E-state index in [-0.39, 0.29) is 6.03 Å². The molecular formula is C18H24N4O. The number of anilines is 1. The number of piperidine rings is 1. The van der Waals surface area contributed by atoms with Gasteiger partial charge in [-0.15, -0.1) is 0 Å². The number of hydrogen-bond acceptors (Lipinski definition) is 2. The lowest BCUT2D eigenvalue weighted by Gasteiger charge is -2.34. The number of amides is 2. The summed E-state index contributed by atoms with van der Waals surface area (Å²) in [5, 5.41) is 7.36. The molecule has 0 radical (unpaired) electrons. The fourth-order valence-electron chi connectivity index (χ4n) is 3.42. The molecule has 0 bridgehead atoms. The summed E-state index contributed by atoms with van der Waals surface area (Å²) in [6.45, 7) is 6.03. The molecule has 1 aliphatic rings. The maximum absolute atomic E-state index is 12.5. The van der Waals surface area contributed by atoms with Crippen molar-refractivity contribution in [2.75, 3.05) is 18.4 Å². The Hall–Kier alpha value is -2.30. The molecular weight excluding hydrogens is 288 g/mol. The molecule has 2 heterocycles. The molecule has 1 aliphatic heterocycles. The number of benzene rings is 1. The minimum atomic E-state index is -0.0545. The Morgan fingerprint density at radius 1 is 1.17 bits per heavy atom. The molecule has 1 fully saturated rings. The number of nitrogens with one attached hydrogen (secondary N) is 1. The van der Waals surface area contributed by atoms with E-state index in [1.165, 1.54) is 6.42 Å². The molecule has 0 spiro atoms. The Morgan fingerprint density at radius 2 is 1.83 bits per heavy atom. The molecule has 1 N–H and O–H groups in total. The van der Waals surface area contributed by atoms with Gasteiger partial charge in [0.25, 0.3) is 0 Å². The maximum Gasteiger partial charge on any atom is 0.323 e. The number of aromatic nitrogens is 2. The summed E-state index contributed by atoms with van der Waals surface area (Å²) in [4.78, 5) is 14.4. The second-order valence-electron chi connectivity index (χ2n) is 6.69. The van der Waals surface area contributed by atoms with Gasteiger partial charge in [-0.25, -0.2) is 4.79 Å². The number of likely N-dealkylation sites (tertiary alicyclic amines) is 1. The van der Waals surface area contributed by atoms with E-state index >= 15 is 0 Å². The third kappa shape index (κ3) is 3.55. The Balaban J connectivity index is 1.72. The van der Waals surface area contributed by atoms with Crippen LogP contribution in [0.25, 0.3) is 11.3 Å². The molecule has 5 heteroatoms. The van der Waals surface area contributed by atoms with Crippen LogP contribution < -0.4 is 5.32 Å². The van der Waals surface area contributed by atoms with Gasteiger partial charge in [-0.1, -0.05) is 44.2 Å². The first kappa shape index (κ1) is 15.6. The standard InChI is InChI=1S/C18H24N4O/c1-13-9-14(2)12-22(11-13)18(23)19-17-10-16(21(3)20-17)15-7-5-4-6-8-15/h4-8,10,13-14H,9,11-12H2,1-3H3,(H,19,20,23). The van der Waals surface area contributed by atoms with Crippen LogP contribution in [0.3, 0.4) is 0 Å². The third-order valence-corrected chi connectivity index (χ3v) is 4.34. The Morgan fingerprint density at radius 3 is 2.48 bits per heavy atom. The number of urea groups is 1. The van der Waals surface area contributed by atoms with Crippen LogP contribution >= 0.6 is 0 Å². The van der Waals surface area contributed by atoms with Gasteiger partial charge in [0, 0.05) is 26.2 Å². The molecule has 1 saturated heterocycles. The monoisotopic (exact) mass is 312 g/mol. The van der Waals surface area contributed by atoms with E-state index in [1.807, 2.05) is 48.3 Å². The summed E-state index contributed by atoms with van der Waals surface area (Å²) in [5.74, 6) is 1.70. The van der Waals surface area contributed by atoms with E-state index < -0.39 is 0 Å². The van der Waals surface area contributed by atoms with Crippen molar-refractivity contribution in [1.29, 1.82) is 0 Å². The molecule has 1 aromatic carbocycles. The summed E-state index contributed by atoms with van der Waals surface area (Å²) >= 11 is 0. The largest absolute Gasteiger partial charge is 0.324 e. The lowest BCUT2D eigenvalue weighted by Crippen LogP contribution is -2.44. The fourth-order valence-corrected chi connectivity index (χ4v) is 3.42. The van der Waals surface area contributed by atoms with Crippen molar-refractivity contribution < 1.29 is 4.79 Å². The maximum atomic E-state index is 12.5. The van der Waals surface area contributed by atoms with Crippen LogP contribution in [-0.4, -0.2) is 33.8 Å². The zero-order chi connectivity index (χ0) is 16.4. The van der Waals surface area contributed by atoms with E-state index in [0.717, 1.165) is 24.3 Å². The van der Waals surface area contributed by atoms with Gasteiger partial charge in [0.15, 0.2) is 5.82 Å². The smallest absolute Gasteiger partial charge is 0.323 e. The molecule has 0 saturated carbocycles. The van der Waals surface area contributed by atoms with Crippen LogP contribution in [0.5, 0.6) is 0 Å². The number of nitrogens with zero attached hydrogens (tertiary/aromatic N) is 3. The van der Waals surface area contributed by atoms with Gasteiger partial charge in [-0.2, -0.15) is 5.10 Å². The number of hydrogen-bond donors (Lipinski definition) is 1. The van der Waals surface area contributed by atoms with Gasteiger partial charge in [-0.05, 0) is 23.8 Å². The Kier molecular flexibility index (Phi) is 4.37. The van der Waals surface area contributed by atoms with E-state index in [4.69, 9.17) is 0 Å². The van der Waals surface area contributed by atoms with Crippen molar-refractivity contribution in [3.63, 3.8) is 0 Å². The molecule has 2 aromatic rings. The quantitative estimate of drug-likeness (QED) is 0.921. The predicted molar refractivity (Wildman–Crippen MR) is 92.2 cm³/mol. The highest BCUT2D eigenvalue weighted by Gasteiger charge is 2.25. The lowest BCUT2D eigenvalue weighted by atomic mass is 9.92. The molecule has 0 aliphatic carbocycles. The first-order chi connectivity index (χ1) is 11.0. The van der Waals surface area contributed by atoms with Gasteiger partial charge in [0.2, 0.25) is 0 Å². The summed E-state index contributed by atoms with van der Waals surface area (Å²) in [6, 6.07) is 11.9. The molecule has 2 amide bonds. The number of carbonyl (C=O) groups excluding carboxylic acids is 1. The topological polar surface area (TPSA) is 50.2 Å². The Bertz CT molecular complexity index is 670. The van der Waals surface area contributed by atoms with Crippen LogP contribution in [0.1, 0.15) is 20.3 Å². The zero-order valence-electron chi connectivity index (χ0n) is 14.0. The average Bonchev–Trinajstić information content (AvgIpc) is 2.87. The second-order valence-corrected chi connectivity index (χ2v) is 6.69. The highest BCUT2D eigenvalue weighted by molar-refractivity contribution is 5.89. The van der Waals surface area contributed by atoms with Gasteiger partial charge in [-0.3, -0.25) is 10.00 Å². The van der Waals surface area contributed by atoms with Gasteiger partial charge in [0.1, 0.15) is 0 Å². The second kappa shape index (κ2) is 6.44. The number of carbonyl (C=O) groups is 1. The number of rotatable bonds is 2. The summed E-state index contributed by atoms with van der Waals surface area (Å²) in [7, 11) is 1.89. The molecule has 1 aromatic heterocycles. The third-order valence-electron chi connectivity index (χ3n) is 4.34. The number of aryl methyl sites for hydroxylation is 1. The van der Waals surface area contributed by atoms with Crippen molar-refractivity contribution in [3.8, 4) is 11.3 Å². The van der Waals surface area contributed by atoms with Gasteiger partial charge in [0.05, 0.1) is 5.69 Å². The van der Waals surface area contributed by atoms with Crippen LogP contribution in [0.2, 0.25) is 0 Å². The molecule has 122 valence electrons. The Labute approximate surface area is 137 Å². The molecule has 2 unspecified atom stereocenters. The van der Waals surface area contributed by atoms with Gasteiger partial charge < -0.3 is 4.90 Å². The molecule has 5 nitrogen and oxygen atoms in total. The SMILES string of the molecule is CC1CC(C)CN(C(=O)Nc2cc(-c3ccccc3)n(C)n2)C1. The van der Waals surface area contributed by atoms with Crippen molar-refractivity contribution in [1.82, 2.24) is 14.7 Å². The van der Waals surface area contributed by atoms with Gasteiger partial charge >= 0.3 is 6.03 Å². The van der Waals surface area contributed by atoms with E-state index in [1.54, 1.807) is 4.68 Å². The zero-order valence-corrected chi connectivity index (χ0v) is 14.0. The minimum Gasteiger partial charge on any atom is -0.324 e. The molecule has 23 heavy (non-hydrogen) atoms. The van der Waals surface area contributed by atoms with E-state index in [9.17, 15) is 4.79 Å². The van der Waals surface area contributed by atoms with Crippen molar-refractivity contribution in [3.05, 3.63) is 36.4 Å². The summed E-state index contributed by atoms with van der Waals surface area (Å²) in [5.41, 5.74) is 2.07. The molecule has 2 atom stereocenters. The minimum absolute atomic E-state index is 0.0545. The van der Waals surface area contributed by atoms with E-state index in [2.05, 4.69) is 24.3 Å². The first-order valence-corrected chi connectivity index (χ1v) is 8.18.